The highest BCUT2D eigenvalue weighted by atomic mass is 16.3. The van der Waals surface area contributed by atoms with Gasteiger partial charge in [0.2, 0.25) is 0 Å². The Morgan fingerprint density at radius 2 is 2.08 bits per heavy atom. The molecule has 0 aliphatic carbocycles. The maximum Gasteiger partial charge on any atom is 0.194 e. The summed E-state index contributed by atoms with van der Waals surface area (Å²) in [5.74, 6) is 0. The molecule has 0 unspecified atom stereocenters. The first-order valence-electron chi connectivity index (χ1n) is 5.08. The van der Waals surface area contributed by atoms with Gasteiger partial charge in [-0.15, -0.1) is 0 Å². The van der Waals surface area contributed by atoms with Crippen LogP contribution in [0.3, 0.4) is 0 Å². The lowest BCUT2D eigenvalue weighted by Crippen LogP contribution is -2.18. The van der Waals surface area contributed by atoms with Crippen molar-refractivity contribution < 1.29 is 4.42 Å². The molecule has 0 bridgehead atoms. The maximum atomic E-state index is 4.88. The fourth-order valence-corrected chi connectivity index (χ4v) is 1.52. The molecule has 0 aromatic carbocycles. The molecule has 0 spiro atoms. The van der Waals surface area contributed by atoms with Gasteiger partial charge in [-0.2, -0.15) is 0 Å². The van der Waals surface area contributed by atoms with E-state index in [2.05, 4.69) is 25.4 Å². The Balaban J connectivity index is 2.37. The molecule has 2 nitrogen and oxygen atoms in total. The molecule has 1 aromatic heterocycles. The highest BCUT2D eigenvalue weighted by Crippen LogP contribution is 2.13. The zero-order valence-corrected chi connectivity index (χ0v) is 8.47. The molecule has 0 saturated heterocycles. The van der Waals surface area contributed by atoms with Crippen molar-refractivity contribution in [2.45, 2.75) is 45.6 Å². The molecule has 1 N–H and O–H groups in total. The SMILES string of the molecule is CCCC(CCC)Nc1[c]occ1. The van der Waals surface area contributed by atoms with Gasteiger partial charge in [-0.25, -0.2) is 0 Å². The van der Waals surface area contributed by atoms with Gasteiger partial charge in [0.05, 0.1) is 12.0 Å². The van der Waals surface area contributed by atoms with E-state index < -0.39 is 0 Å². The van der Waals surface area contributed by atoms with Gasteiger partial charge in [-0.1, -0.05) is 26.7 Å². The lowest BCUT2D eigenvalue weighted by molar-refractivity contribution is 0.554. The van der Waals surface area contributed by atoms with Crippen LogP contribution in [0.4, 0.5) is 5.69 Å². The molecule has 1 heterocycles. The normalized spacial score (nSPS) is 10.7. The Bertz CT molecular complexity index is 200. The summed E-state index contributed by atoms with van der Waals surface area (Å²) in [5.41, 5.74) is 0.979. The molecular weight excluding hydrogens is 162 g/mol. The van der Waals surface area contributed by atoms with E-state index in [1.807, 2.05) is 6.07 Å². The quantitative estimate of drug-likeness (QED) is 0.725. The summed E-state index contributed by atoms with van der Waals surface area (Å²) in [5, 5.41) is 3.41. The van der Waals surface area contributed by atoms with Crippen LogP contribution >= 0.6 is 0 Å². The topological polar surface area (TPSA) is 25.2 Å². The molecular formula is C11H18NO. The number of hydrogen-bond donors (Lipinski definition) is 1. The van der Waals surface area contributed by atoms with E-state index in [4.69, 9.17) is 4.42 Å². The first kappa shape index (κ1) is 10.2. The standard InChI is InChI=1S/C11H18NO/c1-3-5-10(6-4-2)12-11-7-8-13-9-11/h7-8,10,12H,3-6H2,1-2H3. The molecule has 1 aromatic rings. The Kier molecular flexibility index (Phi) is 4.44. The second kappa shape index (κ2) is 5.68. The smallest absolute Gasteiger partial charge is 0.194 e. The molecule has 0 aliphatic rings. The Morgan fingerprint density at radius 1 is 1.38 bits per heavy atom. The number of rotatable bonds is 6. The Morgan fingerprint density at radius 3 is 2.54 bits per heavy atom. The molecule has 73 valence electrons. The summed E-state index contributed by atoms with van der Waals surface area (Å²) in [4.78, 5) is 0. The highest BCUT2D eigenvalue weighted by Gasteiger charge is 2.06. The summed E-state index contributed by atoms with van der Waals surface area (Å²) >= 11 is 0. The third kappa shape index (κ3) is 3.53. The van der Waals surface area contributed by atoms with Crippen molar-refractivity contribution in [3.63, 3.8) is 0 Å². The number of nitrogens with one attached hydrogen (secondary N) is 1. The van der Waals surface area contributed by atoms with E-state index >= 15 is 0 Å². The van der Waals surface area contributed by atoms with Gasteiger partial charge in [0, 0.05) is 12.1 Å². The molecule has 1 radical (unpaired) electrons. The first-order valence-corrected chi connectivity index (χ1v) is 5.08. The molecule has 0 amide bonds. The lowest BCUT2D eigenvalue weighted by atomic mass is 10.1. The van der Waals surface area contributed by atoms with E-state index in [-0.39, 0.29) is 0 Å². The Hall–Kier alpha value is -0.920. The Labute approximate surface area is 80.3 Å². The third-order valence-corrected chi connectivity index (χ3v) is 2.11. The minimum absolute atomic E-state index is 0.573. The van der Waals surface area contributed by atoms with Crippen LogP contribution < -0.4 is 5.32 Å². The number of furan rings is 1. The average molecular weight is 180 g/mol. The van der Waals surface area contributed by atoms with Crippen LogP contribution in [-0.2, 0) is 0 Å². The maximum absolute atomic E-state index is 4.88. The fourth-order valence-electron chi connectivity index (χ4n) is 1.52. The highest BCUT2D eigenvalue weighted by molar-refractivity contribution is 5.38. The minimum Gasteiger partial charge on any atom is -0.459 e. The van der Waals surface area contributed by atoms with Crippen LogP contribution in [0, 0.1) is 6.26 Å². The molecule has 2 heteroatoms. The van der Waals surface area contributed by atoms with Gasteiger partial charge < -0.3 is 9.73 Å². The van der Waals surface area contributed by atoms with Crippen molar-refractivity contribution in [3.05, 3.63) is 18.6 Å². The first-order chi connectivity index (χ1) is 6.36. The van der Waals surface area contributed by atoms with Crippen LogP contribution in [0.1, 0.15) is 39.5 Å². The van der Waals surface area contributed by atoms with Crippen molar-refractivity contribution in [2.24, 2.45) is 0 Å². The van der Waals surface area contributed by atoms with E-state index in [1.54, 1.807) is 6.26 Å². The van der Waals surface area contributed by atoms with E-state index in [0.717, 1.165) is 5.69 Å². The molecule has 0 fully saturated rings. The summed E-state index contributed by atoms with van der Waals surface area (Å²) in [6.45, 7) is 4.42. The zero-order valence-electron chi connectivity index (χ0n) is 8.47. The van der Waals surface area contributed by atoms with Gasteiger partial charge in [0.15, 0.2) is 6.26 Å². The second-order valence-electron chi connectivity index (χ2n) is 3.35. The van der Waals surface area contributed by atoms with Crippen LogP contribution in [-0.4, -0.2) is 6.04 Å². The van der Waals surface area contributed by atoms with Crippen molar-refractivity contribution in [2.75, 3.05) is 5.32 Å². The van der Waals surface area contributed by atoms with E-state index in [9.17, 15) is 0 Å². The van der Waals surface area contributed by atoms with E-state index in [1.165, 1.54) is 25.7 Å². The third-order valence-electron chi connectivity index (χ3n) is 2.11. The second-order valence-corrected chi connectivity index (χ2v) is 3.35. The molecule has 13 heavy (non-hydrogen) atoms. The minimum atomic E-state index is 0.573. The van der Waals surface area contributed by atoms with Gasteiger partial charge in [-0.05, 0) is 12.8 Å². The van der Waals surface area contributed by atoms with Crippen LogP contribution in [0.15, 0.2) is 16.7 Å². The largest absolute Gasteiger partial charge is 0.459 e. The van der Waals surface area contributed by atoms with Crippen molar-refractivity contribution in [3.8, 4) is 0 Å². The average Bonchev–Trinajstić information content (AvgIpc) is 2.58. The van der Waals surface area contributed by atoms with E-state index in [0.29, 0.717) is 6.04 Å². The van der Waals surface area contributed by atoms with Gasteiger partial charge in [0.25, 0.3) is 0 Å². The summed E-state index contributed by atoms with van der Waals surface area (Å²) in [7, 11) is 0. The van der Waals surface area contributed by atoms with Crippen LogP contribution in [0.2, 0.25) is 0 Å². The van der Waals surface area contributed by atoms with Gasteiger partial charge in [-0.3, -0.25) is 0 Å². The number of anilines is 1. The lowest BCUT2D eigenvalue weighted by Gasteiger charge is -2.16. The molecule has 1 rings (SSSR count). The van der Waals surface area contributed by atoms with Gasteiger partial charge >= 0.3 is 0 Å². The monoisotopic (exact) mass is 180 g/mol. The molecule has 0 saturated carbocycles. The van der Waals surface area contributed by atoms with Gasteiger partial charge in [0.1, 0.15) is 0 Å². The van der Waals surface area contributed by atoms with Crippen molar-refractivity contribution >= 4 is 5.69 Å². The predicted octanol–water partition coefficient (Wildman–Crippen LogP) is 3.46. The summed E-state index contributed by atoms with van der Waals surface area (Å²) in [6, 6.07) is 2.49. The zero-order chi connectivity index (χ0) is 9.52. The number of hydrogen-bond acceptors (Lipinski definition) is 2. The predicted molar refractivity (Wildman–Crippen MR) is 54.8 cm³/mol. The van der Waals surface area contributed by atoms with Crippen LogP contribution in [0.25, 0.3) is 0 Å². The summed E-state index contributed by atoms with van der Waals surface area (Å²) in [6.07, 6.45) is 9.31. The molecule has 0 aliphatic heterocycles. The fraction of sp³-hybridized carbons (Fsp3) is 0.636. The molecule has 0 atom stereocenters. The van der Waals surface area contributed by atoms with Crippen molar-refractivity contribution in [1.29, 1.82) is 0 Å². The summed E-state index contributed by atoms with van der Waals surface area (Å²) < 4.78 is 4.88. The van der Waals surface area contributed by atoms with Crippen LogP contribution in [0.5, 0.6) is 0 Å². The van der Waals surface area contributed by atoms with Crippen molar-refractivity contribution in [1.82, 2.24) is 0 Å².